The number of imidazole rings is 1. The van der Waals surface area contributed by atoms with E-state index in [-0.39, 0.29) is 0 Å². The SMILES string of the molecule is FC(F)(F)c1ccc(NCCc2cnc[nH]2)c(Br)c1. The van der Waals surface area contributed by atoms with Crippen LogP contribution in [0, 0.1) is 0 Å². The largest absolute Gasteiger partial charge is 0.416 e. The Labute approximate surface area is 116 Å². The molecule has 2 aromatic rings. The first-order valence-electron chi connectivity index (χ1n) is 5.54. The molecule has 0 bridgehead atoms. The van der Waals surface area contributed by atoms with Crippen molar-refractivity contribution in [2.45, 2.75) is 12.6 Å². The summed E-state index contributed by atoms with van der Waals surface area (Å²) in [5.41, 5.74) is 0.932. The van der Waals surface area contributed by atoms with E-state index in [9.17, 15) is 13.2 Å². The van der Waals surface area contributed by atoms with Crippen LogP contribution in [0.25, 0.3) is 0 Å². The maximum atomic E-state index is 12.5. The maximum Gasteiger partial charge on any atom is 0.416 e. The second-order valence-electron chi connectivity index (χ2n) is 3.95. The van der Waals surface area contributed by atoms with Crippen molar-refractivity contribution in [1.29, 1.82) is 0 Å². The van der Waals surface area contributed by atoms with Gasteiger partial charge in [-0.2, -0.15) is 13.2 Å². The summed E-state index contributed by atoms with van der Waals surface area (Å²) in [5, 5.41) is 3.07. The van der Waals surface area contributed by atoms with Gasteiger partial charge >= 0.3 is 6.18 Å². The van der Waals surface area contributed by atoms with Crippen LogP contribution in [-0.2, 0) is 12.6 Å². The summed E-state index contributed by atoms with van der Waals surface area (Å²) in [6.45, 7) is 0.603. The number of nitrogens with one attached hydrogen (secondary N) is 2. The number of H-pyrrole nitrogens is 1. The Hall–Kier alpha value is -1.50. The fourth-order valence-electron chi connectivity index (χ4n) is 1.59. The number of aromatic nitrogens is 2. The number of anilines is 1. The topological polar surface area (TPSA) is 40.7 Å². The van der Waals surface area contributed by atoms with E-state index in [4.69, 9.17) is 0 Å². The van der Waals surface area contributed by atoms with E-state index in [1.807, 2.05) is 0 Å². The highest BCUT2D eigenvalue weighted by Gasteiger charge is 2.30. The number of hydrogen-bond acceptors (Lipinski definition) is 2. The average molecular weight is 334 g/mol. The molecule has 0 aliphatic rings. The van der Waals surface area contributed by atoms with Gasteiger partial charge in [-0.3, -0.25) is 0 Å². The molecule has 0 aliphatic carbocycles. The molecule has 7 heteroatoms. The molecular weight excluding hydrogens is 323 g/mol. The van der Waals surface area contributed by atoms with Gasteiger partial charge in [0, 0.05) is 35.0 Å². The minimum absolute atomic E-state index is 0.395. The van der Waals surface area contributed by atoms with Gasteiger partial charge in [0.15, 0.2) is 0 Å². The summed E-state index contributed by atoms with van der Waals surface area (Å²) in [4.78, 5) is 6.84. The molecule has 0 saturated heterocycles. The molecule has 2 N–H and O–H groups in total. The molecule has 1 heterocycles. The van der Waals surface area contributed by atoms with Crippen LogP contribution >= 0.6 is 15.9 Å². The van der Waals surface area contributed by atoms with Crippen molar-refractivity contribution in [3.8, 4) is 0 Å². The number of rotatable bonds is 4. The van der Waals surface area contributed by atoms with Crippen molar-refractivity contribution < 1.29 is 13.2 Å². The summed E-state index contributed by atoms with van der Waals surface area (Å²) in [7, 11) is 0. The van der Waals surface area contributed by atoms with Crippen molar-refractivity contribution in [3.05, 3.63) is 46.5 Å². The van der Waals surface area contributed by atoms with Crippen LogP contribution < -0.4 is 5.32 Å². The number of aromatic amines is 1. The molecule has 0 saturated carbocycles. The third kappa shape index (κ3) is 3.73. The van der Waals surface area contributed by atoms with E-state index in [1.165, 1.54) is 6.07 Å². The number of nitrogens with zero attached hydrogens (tertiary/aromatic N) is 1. The van der Waals surface area contributed by atoms with Crippen molar-refractivity contribution in [2.24, 2.45) is 0 Å². The molecule has 19 heavy (non-hydrogen) atoms. The Morgan fingerprint density at radius 3 is 2.68 bits per heavy atom. The molecule has 0 amide bonds. The molecule has 1 aromatic heterocycles. The van der Waals surface area contributed by atoms with Crippen LogP contribution in [0.4, 0.5) is 18.9 Å². The second kappa shape index (κ2) is 5.64. The lowest BCUT2D eigenvalue weighted by Crippen LogP contribution is -2.08. The van der Waals surface area contributed by atoms with Crippen LogP contribution in [-0.4, -0.2) is 16.5 Å². The molecule has 0 spiro atoms. The zero-order valence-corrected chi connectivity index (χ0v) is 11.3. The van der Waals surface area contributed by atoms with Gasteiger partial charge in [0.1, 0.15) is 0 Å². The van der Waals surface area contributed by atoms with Gasteiger partial charge in [0.2, 0.25) is 0 Å². The quantitative estimate of drug-likeness (QED) is 0.892. The van der Waals surface area contributed by atoms with Crippen molar-refractivity contribution >= 4 is 21.6 Å². The van der Waals surface area contributed by atoms with Crippen LogP contribution in [0.15, 0.2) is 35.2 Å². The molecule has 0 aliphatic heterocycles. The van der Waals surface area contributed by atoms with Crippen LogP contribution in [0.2, 0.25) is 0 Å². The summed E-state index contributed by atoms with van der Waals surface area (Å²) >= 11 is 3.14. The molecule has 2 rings (SSSR count). The highest BCUT2D eigenvalue weighted by molar-refractivity contribution is 9.10. The zero-order chi connectivity index (χ0) is 13.9. The smallest absolute Gasteiger partial charge is 0.384 e. The molecule has 0 fully saturated rings. The van der Waals surface area contributed by atoms with Crippen LogP contribution in [0.1, 0.15) is 11.3 Å². The summed E-state index contributed by atoms with van der Waals surface area (Å²) in [5.74, 6) is 0. The average Bonchev–Trinajstić information content (AvgIpc) is 2.83. The Balaban J connectivity index is 1.97. The van der Waals surface area contributed by atoms with Crippen molar-refractivity contribution in [1.82, 2.24) is 9.97 Å². The van der Waals surface area contributed by atoms with E-state index in [2.05, 4.69) is 31.2 Å². The highest BCUT2D eigenvalue weighted by atomic mass is 79.9. The first kappa shape index (κ1) is 13.9. The zero-order valence-electron chi connectivity index (χ0n) is 9.76. The first-order valence-corrected chi connectivity index (χ1v) is 6.34. The molecule has 0 unspecified atom stereocenters. The number of benzene rings is 1. The van der Waals surface area contributed by atoms with Gasteiger partial charge in [-0.1, -0.05) is 0 Å². The Morgan fingerprint density at radius 1 is 1.32 bits per heavy atom. The predicted molar refractivity (Wildman–Crippen MR) is 69.9 cm³/mol. The van der Waals surface area contributed by atoms with E-state index in [0.29, 0.717) is 23.1 Å². The Bertz CT molecular complexity index is 538. The molecule has 102 valence electrons. The Kier molecular flexibility index (Phi) is 4.14. The van der Waals surface area contributed by atoms with Crippen molar-refractivity contribution in [3.63, 3.8) is 0 Å². The van der Waals surface area contributed by atoms with E-state index in [1.54, 1.807) is 12.5 Å². The second-order valence-corrected chi connectivity index (χ2v) is 4.80. The number of halogens is 4. The number of alkyl halides is 3. The van der Waals surface area contributed by atoms with Gasteiger partial charge in [0.25, 0.3) is 0 Å². The summed E-state index contributed by atoms with van der Waals surface area (Å²) < 4.78 is 37.9. The lowest BCUT2D eigenvalue weighted by molar-refractivity contribution is -0.137. The van der Waals surface area contributed by atoms with Gasteiger partial charge in [0.05, 0.1) is 11.9 Å². The van der Waals surface area contributed by atoms with Crippen LogP contribution in [0.5, 0.6) is 0 Å². The van der Waals surface area contributed by atoms with Gasteiger partial charge < -0.3 is 10.3 Å². The number of hydrogen-bond donors (Lipinski definition) is 2. The molecule has 1 aromatic carbocycles. The monoisotopic (exact) mass is 333 g/mol. The van der Waals surface area contributed by atoms with Gasteiger partial charge in [-0.15, -0.1) is 0 Å². The normalized spacial score (nSPS) is 11.6. The summed E-state index contributed by atoms with van der Waals surface area (Å²) in [6.07, 6.45) is -0.308. The van der Waals surface area contributed by atoms with Gasteiger partial charge in [-0.05, 0) is 34.1 Å². The molecule has 0 radical (unpaired) electrons. The Morgan fingerprint density at radius 2 is 2.11 bits per heavy atom. The standard InChI is InChI=1S/C12H11BrF3N3/c13-10-5-8(12(14,15)16)1-2-11(10)18-4-3-9-6-17-7-19-9/h1-2,5-7,18H,3-4H2,(H,17,19). The van der Waals surface area contributed by atoms with E-state index < -0.39 is 11.7 Å². The maximum absolute atomic E-state index is 12.5. The molecular formula is C12H11BrF3N3. The minimum Gasteiger partial charge on any atom is -0.384 e. The minimum atomic E-state index is -4.32. The summed E-state index contributed by atoms with van der Waals surface area (Å²) in [6, 6.07) is 3.54. The fraction of sp³-hybridized carbons (Fsp3) is 0.250. The molecule has 3 nitrogen and oxygen atoms in total. The predicted octanol–water partition coefficient (Wildman–Crippen LogP) is 3.85. The molecule has 0 atom stereocenters. The first-order chi connectivity index (χ1) is 8.97. The highest BCUT2D eigenvalue weighted by Crippen LogP contribution is 2.33. The van der Waals surface area contributed by atoms with E-state index >= 15 is 0 Å². The lowest BCUT2D eigenvalue weighted by Gasteiger charge is -2.11. The third-order valence-corrected chi connectivity index (χ3v) is 3.22. The van der Waals surface area contributed by atoms with Crippen LogP contribution in [0.3, 0.4) is 0 Å². The van der Waals surface area contributed by atoms with Gasteiger partial charge in [-0.25, -0.2) is 4.98 Å². The third-order valence-electron chi connectivity index (χ3n) is 2.56. The van der Waals surface area contributed by atoms with Crippen molar-refractivity contribution in [2.75, 3.05) is 11.9 Å². The fourth-order valence-corrected chi connectivity index (χ4v) is 2.11. The van der Waals surface area contributed by atoms with E-state index in [0.717, 1.165) is 17.8 Å². The lowest BCUT2D eigenvalue weighted by atomic mass is 10.2.